The molecule has 1 aromatic heterocycles. The molecule has 0 aliphatic carbocycles. The topological polar surface area (TPSA) is 45.2 Å². The minimum absolute atomic E-state index is 0.104. The van der Waals surface area contributed by atoms with Gasteiger partial charge in [-0.1, -0.05) is 12.1 Å². The van der Waals surface area contributed by atoms with E-state index in [1.165, 1.54) is 23.5 Å². The van der Waals surface area contributed by atoms with Crippen LogP contribution in [-0.2, 0) is 11.2 Å². The van der Waals surface area contributed by atoms with Crippen LogP contribution < -0.4 is 5.32 Å². The van der Waals surface area contributed by atoms with Crippen LogP contribution in [0.3, 0.4) is 0 Å². The van der Waals surface area contributed by atoms with E-state index in [9.17, 15) is 9.18 Å². The Labute approximate surface area is 126 Å². The molecule has 1 aliphatic heterocycles. The van der Waals surface area contributed by atoms with E-state index < -0.39 is 0 Å². The van der Waals surface area contributed by atoms with Crippen molar-refractivity contribution in [3.63, 3.8) is 0 Å². The van der Waals surface area contributed by atoms with Crippen molar-refractivity contribution in [3.8, 4) is 10.6 Å². The van der Waals surface area contributed by atoms with Crippen LogP contribution in [0, 0.1) is 5.82 Å². The van der Waals surface area contributed by atoms with Crippen molar-refractivity contribution in [1.29, 1.82) is 0 Å². The van der Waals surface area contributed by atoms with Gasteiger partial charge in [-0.3, -0.25) is 4.79 Å². The second-order valence-electron chi connectivity index (χ2n) is 4.96. The van der Waals surface area contributed by atoms with Crippen molar-refractivity contribution in [3.05, 3.63) is 41.2 Å². The molecule has 1 fully saturated rings. The summed E-state index contributed by atoms with van der Waals surface area (Å²) in [6.45, 7) is 3.19. The number of piperazine rings is 1. The molecule has 0 unspecified atom stereocenters. The summed E-state index contributed by atoms with van der Waals surface area (Å²) < 4.78 is 13.2. The summed E-state index contributed by atoms with van der Waals surface area (Å²) in [4.78, 5) is 18.5. The largest absolute Gasteiger partial charge is 0.340 e. The first-order valence-electron chi connectivity index (χ1n) is 6.91. The second kappa shape index (κ2) is 6.32. The van der Waals surface area contributed by atoms with Crippen LogP contribution in [0.1, 0.15) is 5.69 Å². The van der Waals surface area contributed by atoms with E-state index in [4.69, 9.17) is 0 Å². The Morgan fingerprint density at radius 2 is 2.19 bits per heavy atom. The number of nitrogens with one attached hydrogen (secondary N) is 1. The Morgan fingerprint density at radius 1 is 1.38 bits per heavy atom. The number of thiazole rings is 1. The number of carbonyl (C=O) groups is 1. The van der Waals surface area contributed by atoms with Gasteiger partial charge >= 0.3 is 0 Å². The summed E-state index contributed by atoms with van der Waals surface area (Å²) in [5.74, 6) is -0.172. The summed E-state index contributed by atoms with van der Waals surface area (Å²) in [7, 11) is 0. The predicted molar refractivity (Wildman–Crippen MR) is 80.7 cm³/mol. The van der Waals surface area contributed by atoms with Gasteiger partial charge in [0, 0.05) is 37.1 Å². The van der Waals surface area contributed by atoms with Crippen molar-refractivity contribution in [2.75, 3.05) is 26.2 Å². The Balaban J connectivity index is 1.69. The molecule has 0 bridgehead atoms. The van der Waals surface area contributed by atoms with Gasteiger partial charge in [-0.2, -0.15) is 0 Å². The van der Waals surface area contributed by atoms with Gasteiger partial charge in [0.15, 0.2) is 0 Å². The second-order valence-corrected chi connectivity index (χ2v) is 5.82. The van der Waals surface area contributed by atoms with E-state index in [-0.39, 0.29) is 11.7 Å². The standard InChI is InChI=1S/C15H16FN3OS/c16-12-3-1-2-11(8-12)15-18-13(10-21-15)9-14(20)19-6-4-17-5-7-19/h1-3,8,10,17H,4-7,9H2. The first-order chi connectivity index (χ1) is 10.2. The Morgan fingerprint density at radius 3 is 2.95 bits per heavy atom. The number of nitrogens with zero attached hydrogens (tertiary/aromatic N) is 2. The van der Waals surface area contributed by atoms with Crippen LogP contribution in [0.4, 0.5) is 4.39 Å². The molecule has 0 atom stereocenters. The summed E-state index contributed by atoms with van der Waals surface area (Å²) in [6, 6.07) is 6.36. The number of hydrogen-bond donors (Lipinski definition) is 1. The lowest BCUT2D eigenvalue weighted by Crippen LogP contribution is -2.46. The lowest BCUT2D eigenvalue weighted by molar-refractivity contribution is -0.131. The third kappa shape index (κ3) is 3.46. The lowest BCUT2D eigenvalue weighted by atomic mass is 10.2. The highest BCUT2D eigenvalue weighted by atomic mass is 32.1. The average Bonchev–Trinajstić information content (AvgIpc) is 2.97. The maximum atomic E-state index is 13.2. The monoisotopic (exact) mass is 305 g/mol. The number of rotatable bonds is 3. The number of halogens is 1. The molecule has 0 saturated carbocycles. The molecule has 1 saturated heterocycles. The molecule has 1 aromatic carbocycles. The van der Waals surface area contributed by atoms with E-state index in [2.05, 4.69) is 10.3 Å². The third-order valence-corrected chi connectivity index (χ3v) is 4.37. The van der Waals surface area contributed by atoms with E-state index >= 15 is 0 Å². The van der Waals surface area contributed by atoms with Crippen molar-refractivity contribution in [2.45, 2.75) is 6.42 Å². The minimum Gasteiger partial charge on any atom is -0.340 e. The molecule has 6 heteroatoms. The lowest BCUT2D eigenvalue weighted by Gasteiger charge is -2.27. The molecule has 21 heavy (non-hydrogen) atoms. The Hall–Kier alpha value is -1.79. The molecule has 2 heterocycles. The Bertz CT molecular complexity index is 637. The molecule has 2 aromatic rings. The zero-order chi connectivity index (χ0) is 14.7. The van der Waals surface area contributed by atoms with Crippen molar-refractivity contribution < 1.29 is 9.18 Å². The van der Waals surface area contributed by atoms with Gasteiger partial charge in [-0.15, -0.1) is 11.3 Å². The SMILES string of the molecule is O=C(Cc1csc(-c2cccc(F)c2)n1)N1CCNCC1. The van der Waals surface area contributed by atoms with Crippen LogP contribution in [0.2, 0.25) is 0 Å². The van der Waals surface area contributed by atoms with Gasteiger partial charge < -0.3 is 10.2 Å². The number of hydrogen-bond acceptors (Lipinski definition) is 4. The molecule has 0 spiro atoms. The van der Waals surface area contributed by atoms with Crippen molar-refractivity contribution >= 4 is 17.2 Å². The molecule has 3 rings (SSSR count). The van der Waals surface area contributed by atoms with Crippen molar-refractivity contribution in [2.24, 2.45) is 0 Å². The summed E-state index contributed by atoms with van der Waals surface area (Å²) in [5, 5.41) is 5.84. The van der Waals surface area contributed by atoms with Gasteiger partial charge in [-0.25, -0.2) is 9.37 Å². The van der Waals surface area contributed by atoms with Gasteiger partial charge in [0.05, 0.1) is 12.1 Å². The molecule has 110 valence electrons. The predicted octanol–water partition coefficient (Wildman–Crippen LogP) is 1.92. The summed E-state index contributed by atoms with van der Waals surface area (Å²) in [6.07, 6.45) is 0.311. The fourth-order valence-electron chi connectivity index (χ4n) is 2.32. The minimum atomic E-state index is -0.277. The quantitative estimate of drug-likeness (QED) is 0.942. The van der Waals surface area contributed by atoms with E-state index in [1.807, 2.05) is 16.3 Å². The first kappa shape index (κ1) is 14.2. The highest BCUT2D eigenvalue weighted by Gasteiger charge is 2.17. The number of aromatic nitrogens is 1. The number of benzene rings is 1. The highest BCUT2D eigenvalue weighted by Crippen LogP contribution is 2.24. The molecular formula is C15H16FN3OS. The maximum Gasteiger partial charge on any atom is 0.228 e. The van der Waals surface area contributed by atoms with Gasteiger partial charge in [0.2, 0.25) is 5.91 Å². The number of amides is 1. The van der Waals surface area contributed by atoms with Crippen LogP contribution in [-0.4, -0.2) is 42.0 Å². The fraction of sp³-hybridized carbons (Fsp3) is 0.333. The average molecular weight is 305 g/mol. The molecule has 0 radical (unpaired) electrons. The smallest absolute Gasteiger partial charge is 0.228 e. The van der Waals surface area contributed by atoms with Gasteiger partial charge in [0.25, 0.3) is 0 Å². The van der Waals surface area contributed by atoms with E-state index in [0.29, 0.717) is 6.42 Å². The molecule has 4 nitrogen and oxygen atoms in total. The maximum absolute atomic E-state index is 13.2. The van der Waals surface area contributed by atoms with Crippen molar-refractivity contribution in [1.82, 2.24) is 15.2 Å². The summed E-state index contributed by atoms with van der Waals surface area (Å²) >= 11 is 1.44. The highest BCUT2D eigenvalue weighted by molar-refractivity contribution is 7.13. The third-order valence-electron chi connectivity index (χ3n) is 3.43. The van der Waals surface area contributed by atoms with Gasteiger partial charge in [0.1, 0.15) is 10.8 Å². The molecule has 1 amide bonds. The normalized spacial score (nSPS) is 15.2. The zero-order valence-electron chi connectivity index (χ0n) is 11.5. The fourth-order valence-corrected chi connectivity index (χ4v) is 3.14. The zero-order valence-corrected chi connectivity index (χ0v) is 12.3. The Kier molecular flexibility index (Phi) is 4.26. The number of carbonyl (C=O) groups excluding carboxylic acids is 1. The molecule has 1 aliphatic rings. The van der Waals surface area contributed by atoms with E-state index in [0.717, 1.165) is 42.4 Å². The first-order valence-corrected chi connectivity index (χ1v) is 7.79. The van der Waals surface area contributed by atoms with Crippen LogP contribution >= 0.6 is 11.3 Å². The van der Waals surface area contributed by atoms with Crippen LogP contribution in [0.5, 0.6) is 0 Å². The molecule has 1 N–H and O–H groups in total. The summed E-state index contributed by atoms with van der Waals surface area (Å²) in [5.41, 5.74) is 1.50. The van der Waals surface area contributed by atoms with Crippen LogP contribution in [0.25, 0.3) is 10.6 Å². The van der Waals surface area contributed by atoms with E-state index in [1.54, 1.807) is 6.07 Å². The van der Waals surface area contributed by atoms with Gasteiger partial charge in [-0.05, 0) is 12.1 Å². The molecular weight excluding hydrogens is 289 g/mol. The van der Waals surface area contributed by atoms with Crippen LogP contribution in [0.15, 0.2) is 29.6 Å².